The monoisotopic (exact) mass is 328 g/mol. The first kappa shape index (κ1) is 20.6. The van der Waals surface area contributed by atoms with Gasteiger partial charge in [0.1, 0.15) is 20.4 Å². The lowest BCUT2D eigenvalue weighted by Gasteiger charge is -2.26. The molecule has 0 aliphatic carbocycles. The van der Waals surface area contributed by atoms with Crippen LogP contribution in [0.1, 0.15) is 0 Å². The Morgan fingerprint density at radius 2 is 1.00 bits per heavy atom. The molecule has 3 N–H and O–H groups in total. The van der Waals surface area contributed by atoms with E-state index in [-0.39, 0.29) is 39.6 Å². The van der Waals surface area contributed by atoms with E-state index in [1.807, 2.05) is 0 Å². The van der Waals surface area contributed by atoms with Gasteiger partial charge in [-0.15, -0.1) is 0 Å². The van der Waals surface area contributed by atoms with Crippen LogP contribution in [0.15, 0.2) is 12.3 Å². The summed E-state index contributed by atoms with van der Waals surface area (Å²) < 4.78 is 30.9. The highest BCUT2D eigenvalue weighted by Gasteiger charge is 2.38. The summed E-state index contributed by atoms with van der Waals surface area (Å²) in [4.78, 5) is 0. The van der Waals surface area contributed by atoms with Gasteiger partial charge in [-0.3, -0.25) is 0 Å². The van der Waals surface area contributed by atoms with Crippen molar-refractivity contribution in [1.29, 1.82) is 0 Å². The number of hydrogen-bond acceptors (Lipinski definition) is 9. The summed E-state index contributed by atoms with van der Waals surface area (Å²) in [6, 6.07) is 0. The average Bonchev–Trinajstić information content (AvgIpc) is 2.51. The fraction of sp³-hybridized carbons (Fsp3) is 0.818. The molecule has 21 heavy (non-hydrogen) atoms. The Morgan fingerprint density at radius 1 is 0.667 bits per heavy atom. The Bertz CT molecular complexity index is 210. The molecule has 0 aromatic rings. The molecule has 0 radical (unpaired) electrons. The van der Waals surface area contributed by atoms with Gasteiger partial charge < -0.3 is 42.8 Å². The summed E-state index contributed by atoms with van der Waals surface area (Å²) in [5, 5.41) is 25.6. The van der Waals surface area contributed by atoms with Gasteiger partial charge in [-0.2, -0.15) is 0 Å². The zero-order valence-electron chi connectivity index (χ0n) is 11.9. The minimum absolute atomic E-state index is 0.153. The maximum atomic E-state index is 8.52. The highest BCUT2D eigenvalue weighted by atomic mass is 28.4. The van der Waals surface area contributed by atoms with E-state index < -0.39 is 29.2 Å². The second-order valence-corrected chi connectivity index (χ2v) is 5.95. The molecule has 0 amide bonds. The van der Waals surface area contributed by atoms with Crippen LogP contribution in [0.2, 0.25) is 0 Å². The topological polar surface area (TPSA) is 116 Å². The van der Waals surface area contributed by atoms with Gasteiger partial charge in [0.25, 0.3) is 0 Å². The van der Waals surface area contributed by atoms with Crippen molar-refractivity contribution in [2.24, 2.45) is 0 Å². The fourth-order valence-electron chi connectivity index (χ4n) is 1.22. The Morgan fingerprint density at radius 3 is 1.24 bits per heavy atom. The van der Waals surface area contributed by atoms with Crippen molar-refractivity contribution in [1.82, 2.24) is 0 Å². The van der Waals surface area contributed by atoms with Crippen LogP contribution in [0.3, 0.4) is 0 Å². The Labute approximate surface area is 125 Å². The van der Waals surface area contributed by atoms with Crippen LogP contribution < -0.4 is 0 Å². The summed E-state index contributed by atoms with van der Waals surface area (Å²) in [5.74, 6) is 0. The molecule has 0 heterocycles. The molecule has 0 aromatic carbocycles. The van der Waals surface area contributed by atoms with Crippen molar-refractivity contribution in [3.05, 3.63) is 12.3 Å². The molecule has 0 saturated heterocycles. The van der Waals surface area contributed by atoms with Gasteiger partial charge in [-0.05, 0) is 5.70 Å². The molecule has 0 saturated carbocycles. The predicted molar refractivity (Wildman–Crippen MR) is 72.9 cm³/mol. The van der Waals surface area contributed by atoms with E-state index in [2.05, 4.69) is 6.58 Å². The summed E-state index contributed by atoms with van der Waals surface area (Å²) >= 11 is 0. The molecule has 9 nitrogen and oxygen atoms in total. The minimum atomic E-state index is -3.14. The van der Waals surface area contributed by atoms with Crippen molar-refractivity contribution in [2.75, 3.05) is 60.0 Å². The Kier molecular flexibility index (Phi) is 14.3. The first-order chi connectivity index (χ1) is 10.2. The molecule has 0 aliphatic heterocycles. The molecular formula is C11H24O9Si. The molecule has 0 bridgehead atoms. The zero-order chi connectivity index (χ0) is 15.8. The van der Waals surface area contributed by atoms with Crippen LogP contribution in [-0.2, 0) is 27.5 Å². The van der Waals surface area contributed by atoms with Gasteiger partial charge in [-0.1, -0.05) is 6.58 Å². The van der Waals surface area contributed by atoms with Crippen molar-refractivity contribution in [3.8, 4) is 0 Å². The smallest absolute Gasteiger partial charge is 0.371 e. The lowest BCUT2D eigenvalue weighted by molar-refractivity contribution is -0.0471. The van der Waals surface area contributed by atoms with Crippen molar-refractivity contribution < 1.29 is 42.8 Å². The summed E-state index contributed by atoms with van der Waals surface area (Å²) in [6.07, 6.45) is 0. The van der Waals surface area contributed by atoms with Crippen LogP contribution in [0.4, 0.5) is 0 Å². The molecule has 0 aliphatic rings. The predicted octanol–water partition coefficient (Wildman–Crippen LogP) is -1.40. The lowest BCUT2D eigenvalue weighted by Crippen LogP contribution is -2.46. The average molecular weight is 328 g/mol. The van der Waals surface area contributed by atoms with E-state index in [9.17, 15) is 0 Å². The maximum absolute atomic E-state index is 8.52. The molecule has 0 atom stereocenters. The molecule has 0 fully saturated rings. The molecule has 10 heteroatoms. The standard InChI is InChI=1S/C11H24O9Si/c1-2-21(18-6-3-15-9-12,19-7-4-16-10-13)20-8-5-17-11-14/h2,12-14H,1,3-11H2. The highest BCUT2D eigenvalue weighted by Crippen LogP contribution is 2.11. The van der Waals surface area contributed by atoms with E-state index >= 15 is 0 Å². The van der Waals surface area contributed by atoms with Crippen LogP contribution in [0.5, 0.6) is 0 Å². The second-order valence-electron chi connectivity index (χ2n) is 3.47. The SMILES string of the molecule is C=C[Si](OCCOCO)(OCCOCO)OCCOCO. The van der Waals surface area contributed by atoms with E-state index in [1.54, 1.807) is 0 Å². The number of ether oxygens (including phenoxy) is 3. The molecule has 0 spiro atoms. The number of hydrogen-bond donors (Lipinski definition) is 3. The molecule has 0 rings (SSSR count). The van der Waals surface area contributed by atoms with Gasteiger partial charge in [0.05, 0.1) is 39.6 Å². The largest absolute Gasteiger partial charge is 0.529 e. The molecule has 126 valence electrons. The normalized spacial score (nSPS) is 11.8. The van der Waals surface area contributed by atoms with Gasteiger partial charge in [0.15, 0.2) is 0 Å². The van der Waals surface area contributed by atoms with Gasteiger partial charge in [0, 0.05) is 0 Å². The van der Waals surface area contributed by atoms with Crippen LogP contribution >= 0.6 is 0 Å². The van der Waals surface area contributed by atoms with E-state index in [4.69, 9.17) is 42.8 Å². The lowest BCUT2D eigenvalue weighted by atomic mass is 10.8. The quantitative estimate of drug-likeness (QED) is 0.179. The van der Waals surface area contributed by atoms with Gasteiger partial charge >= 0.3 is 8.80 Å². The molecular weight excluding hydrogens is 304 g/mol. The van der Waals surface area contributed by atoms with E-state index in [0.29, 0.717) is 0 Å². The minimum Gasteiger partial charge on any atom is -0.371 e. The van der Waals surface area contributed by atoms with Crippen LogP contribution in [0.25, 0.3) is 0 Å². The first-order valence-corrected chi connectivity index (χ1v) is 8.16. The van der Waals surface area contributed by atoms with Gasteiger partial charge in [-0.25, -0.2) is 0 Å². The van der Waals surface area contributed by atoms with Crippen LogP contribution in [-0.4, -0.2) is 84.1 Å². The maximum Gasteiger partial charge on any atom is 0.529 e. The Balaban J connectivity index is 4.26. The number of rotatable bonds is 16. The summed E-state index contributed by atoms with van der Waals surface area (Å²) in [5.41, 5.74) is 1.45. The van der Waals surface area contributed by atoms with Crippen molar-refractivity contribution in [2.45, 2.75) is 0 Å². The third-order valence-electron chi connectivity index (χ3n) is 2.12. The number of aliphatic hydroxyl groups is 3. The first-order valence-electron chi connectivity index (χ1n) is 6.36. The summed E-state index contributed by atoms with van der Waals surface area (Å²) in [7, 11) is -3.14. The zero-order valence-corrected chi connectivity index (χ0v) is 12.9. The Hall–Kier alpha value is -0.403. The summed E-state index contributed by atoms with van der Waals surface area (Å²) in [6.45, 7) is 3.42. The fourth-order valence-corrected chi connectivity index (χ4v) is 2.93. The molecule has 0 aromatic heterocycles. The molecule has 0 unspecified atom stereocenters. The highest BCUT2D eigenvalue weighted by molar-refractivity contribution is 6.66. The van der Waals surface area contributed by atoms with Crippen LogP contribution in [0, 0.1) is 0 Å². The van der Waals surface area contributed by atoms with E-state index in [0.717, 1.165) is 0 Å². The third kappa shape index (κ3) is 10.9. The van der Waals surface area contributed by atoms with E-state index in [1.165, 1.54) is 5.70 Å². The van der Waals surface area contributed by atoms with Crippen molar-refractivity contribution in [3.63, 3.8) is 0 Å². The van der Waals surface area contributed by atoms with Crippen molar-refractivity contribution >= 4 is 8.80 Å². The third-order valence-corrected chi connectivity index (χ3v) is 4.44. The number of aliphatic hydroxyl groups excluding tert-OH is 3. The second kappa shape index (κ2) is 14.5. The van der Waals surface area contributed by atoms with Gasteiger partial charge in [0.2, 0.25) is 0 Å².